The molecule has 0 aromatic heterocycles. The van der Waals surface area contributed by atoms with Crippen LogP contribution in [0, 0.1) is 0 Å². The summed E-state index contributed by atoms with van der Waals surface area (Å²) in [4.78, 5) is 77.4. The van der Waals surface area contributed by atoms with E-state index in [0.717, 1.165) is 35.3 Å². The topological polar surface area (TPSA) is 125 Å². The fourth-order valence-electron chi connectivity index (χ4n) is 2.83. The van der Waals surface area contributed by atoms with Crippen molar-refractivity contribution in [1.82, 2.24) is 19.6 Å². The third-order valence-electron chi connectivity index (χ3n) is 4.35. The Labute approximate surface area is 150 Å². The van der Waals surface area contributed by atoms with Crippen LogP contribution in [0.1, 0.15) is 0 Å². The van der Waals surface area contributed by atoms with E-state index in [2.05, 4.69) is 15.9 Å². The molecule has 0 spiro atoms. The number of hydrogen-bond donors (Lipinski definition) is 0. The lowest BCUT2D eigenvalue weighted by Gasteiger charge is -2.50. The molecule has 2 aliphatic heterocycles. The molecule has 0 aromatic carbocycles. The van der Waals surface area contributed by atoms with E-state index in [1.165, 1.54) is 0 Å². The van der Waals surface area contributed by atoms with Gasteiger partial charge in [-0.1, -0.05) is 15.9 Å². The molecule has 11 nitrogen and oxygen atoms in total. The molecule has 25 heavy (non-hydrogen) atoms. The molecule has 0 bridgehead atoms. The van der Waals surface area contributed by atoms with Crippen LogP contribution >= 0.6 is 15.9 Å². The monoisotopic (exact) mass is 418 g/mol. The number of rotatable bonds is 2. The Morgan fingerprint density at radius 3 is 1.24 bits per heavy atom. The minimum atomic E-state index is -2.71. The fraction of sp³-hybridized carbons (Fsp3) is 0.538. The van der Waals surface area contributed by atoms with Crippen LogP contribution in [0.4, 0.5) is 9.59 Å². The molecular formula is C13H15BrN4O7. The minimum absolute atomic E-state index is 0.560. The lowest BCUT2D eigenvalue weighted by Crippen LogP contribution is -2.82. The summed E-state index contributed by atoms with van der Waals surface area (Å²) < 4.78 is 2.55. The highest BCUT2D eigenvalue weighted by molar-refractivity contribution is 9.10. The van der Waals surface area contributed by atoms with E-state index in [9.17, 15) is 28.8 Å². The zero-order valence-corrected chi connectivity index (χ0v) is 15.6. The van der Waals surface area contributed by atoms with Crippen LogP contribution in [0.2, 0.25) is 0 Å². The lowest BCUT2D eigenvalue weighted by molar-refractivity contribution is -0.184. The summed E-state index contributed by atoms with van der Waals surface area (Å²) >= 11 is 2.90. The van der Waals surface area contributed by atoms with Crippen molar-refractivity contribution in [3.8, 4) is 0 Å². The van der Waals surface area contributed by atoms with Crippen molar-refractivity contribution < 1.29 is 33.5 Å². The largest absolute Gasteiger partial charge is 0.358 e. The maximum atomic E-state index is 12.8. The smallest absolute Gasteiger partial charge is 0.333 e. The van der Waals surface area contributed by atoms with Crippen molar-refractivity contribution in [2.75, 3.05) is 35.3 Å². The summed E-state index contributed by atoms with van der Waals surface area (Å²) in [5, 5.41) is 0. The van der Waals surface area contributed by atoms with Gasteiger partial charge in [0.15, 0.2) is 0 Å². The SMILES string of the molecule is COC1(C2(Br)C(=O)N(C)C(=O)N(C)C2=O)C(=O)N(C)C(=O)N(C)C1=O. The quantitative estimate of drug-likeness (QED) is 0.399. The molecule has 2 heterocycles. The number of nitrogens with zero attached hydrogens (tertiary/aromatic N) is 4. The number of barbiturate groups is 2. The van der Waals surface area contributed by atoms with Gasteiger partial charge in [-0.15, -0.1) is 0 Å². The zero-order chi connectivity index (χ0) is 19.5. The van der Waals surface area contributed by atoms with Gasteiger partial charge in [-0.2, -0.15) is 0 Å². The third kappa shape index (κ3) is 1.94. The highest BCUT2D eigenvalue weighted by Gasteiger charge is 2.76. The number of imide groups is 4. The second kappa shape index (κ2) is 5.59. The summed E-state index contributed by atoms with van der Waals surface area (Å²) in [7, 11) is 5.28. The van der Waals surface area contributed by atoms with Crippen molar-refractivity contribution >= 4 is 51.6 Å². The number of ether oxygens (including phenoxy) is 1. The zero-order valence-electron chi connectivity index (χ0n) is 14.0. The van der Waals surface area contributed by atoms with Crippen molar-refractivity contribution in [1.29, 1.82) is 0 Å². The van der Waals surface area contributed by atoms with E-state index in [0.29, 0.717) is 19.6 Å². The van der Waals surface area contributed by atoms with E-state index < -0.39 is 45.6 Å². The van der Waals surface area contributed by atoms with Crippen molar-refractivity contribution in [3.63, 3.8) is 0 Å². The number of amides is 8. The second-order valence-corrected chi connectivity index (χ2v) is 6.76. The summed E-state index contributed by atoms with van der Waals surface area (Å²) in [6.45, 7) is 0. The van der Waals surface area contributed by atoms with Crippen molar-refractivity contribution in [2.45, 2.75) is 9.93 Å². The molecule has 0 aliphatic carbocycles. The molecule has 2 saturated heterocycles. The summed E-state index contributed by atoms with van der Waals surface area (Å²) in [5.41, 5.74) is -2.71. The van der Waals surface area contributed by atoms with Crippen LogP contribution in [0.15, 0.2) is 0 Å². The summed E-state index contributed by atoms with van der Waals surface area (Å²) in [5.74, 6) is -4.75. The van der Waals surface area contributed by atoms with Crippen LogP contribution < -0.4 is 0 Å². The maximum absolute atomic E-state index is 12.8. The molecule has 0 radical (unpaired) electrons. The minimum Gasteiger partial charge on any atom is -0.358 e. The third-order valence-corrected chi connectivity index (χ3v) is 5.59. The van der Waals surface area contributed by atoms with Gasteiger partial charge in [0.2, 0.25) is 4.32 Å². The predicted octanol–water partition coefficient (Wildman–Crippen LogP) is -1.39. The molecule has 2 rings (SSSR count). The van der Waals surface area contributed by atoms with Gasteiger partial charge in [0.05, 0.1) is 0 Å². The van der Waals surface area contributed by atoms with Gasteiger partial charge >= 0.3 is 12.1 Å². The van der Waals surface area contributed by atoms with Gasteiger partial charge in [-0.05, 0) is 0 Å². The number of alkyl halides is 1. The van der Waals surface area contributed by atoms with Gasteiger partial charge in [-0.25, -0.2) is 9.59 Å². The molecule has 0 atom stereocenters. The first-order valence-electron chi connectivity index (χ1n) is 6.85. The van der Waals surface area contributed by atoms with Gasteiger partial charge in [-0.3, -0.25) is 38.8 Å². The first-order chi connectivity index (χ1) is 11.4. The van der Waals surface area contributed by atoms with Crippen LogP contribution in [0.5, 0.6) is 0 Å². The van der Waals surface area contributed by atoms with Gasteiger partial charge in [0, 0.05) is 35.3 Å². The summed E-state index contributed by atoms with van der Waals surface area (Å²) in [6, 6.07) is -1.89. The van der Waals surface area contributed by atoms with E-state index in [4.69, 9.17) is 4.74 Å². The van der Waals surface area contributed by atoms with Crippen LogP contribution in [0.3, 0.4) is 0 Å². The Morgan fingerprint density at radius 2 is 0.960 bits per heavy atom. The molecule has 2 fully saturated rings. The van der Waals surface area contributed by atoms with E-state index >= 15 is 0 Å². The van der Waals surface area contributed by atoms with E-state index in [-0.39, 0.29) is 0 Å². The number of methoxy groups -OCH3 is 1. The molecule has 2 aliphatic rings. The van der Waals surface area contributed by atoms with Crippen molar-refractivity contribution in [2.24, 2.45) is 0 Å². The Morgan fingerprint density at radius 1 is 0.680 bits per heavy atom. The number of carbonyl (C=O) groups excluding carboxylic acids is 6. The van der Waals surface area contributed by atoms with E-state index in [1.807, 2.05) is 0 Å². The predicted molar refractivity (Wildman–Crippen MR) is 83.3 cm³/mol. The average molecular weight is 419 g/mol. The van der Waals surface area contributed by atoms with Crippen LogP contribution in [0.25, 0.3) is 0 Å². The van der Waals surface area contributed by atoms with E-state index in [1.54, 1.807) is 0 Å². The van der Waals surface area contributed by atoms with Gasteiger partial charge < -0.3 is 4.74 Å². The molecule has 8 amide bonds. The molecular weight excluding hydrogens is 404 g/mol. The first kappa shape index (κ1) is 19.0. The highest BCUT2D eigenvalue weighted by atomic mass is 79.9. The number of halogens is 1. The van der Waals surface area contributed by atoms with Crippen LogP contribution in [-0.4, -0.2) is 101 Å². The molecule has 0 aromatic rings. The number of carbonyl (C=O) groups is 6. The lowest BCUT2D eigenvalue weighted by atomic mass is 9.79. The summed E-state index contributed by atoms with van der Waals surface area (Å²) in [6.07, 6.45) is 0. The van der Waals surface area contributed by atoms with Gasteiger partial charge in [0.25, 0.3) is 29.2 Å². The normalized spacial score (nSPS) is 23.8. The Kier molecular flexibility index (Phi) is 4.25. The Hall–Kier alpha value is -2.34. The van der Waals surface area contributed by atoms with Crippen LogP contribution in [-0.2, 0) is 23.9 Å². The molecule has 136 valence electrons. The average Bonchev–Trinajstić information content (AvgIpc) is 2.61. The van der Waals surface area contributed by atoms with Gasteiger partial charge in [0.1, 0.15) is 0 Å². The Bertz CT molecular complexity index is 688. The second-order valence-electron chi connectivity index (χ2n) is 5.57. The maximum Gasteiger partial charge on any atom is 0.333 e. The number of urea groups is 2. The standard InChI is InChI=1S/C13H15BrN4O7/c1-15-6(19)12(14,7(20)16(2)10(15)23)13(25-5)8(21)17(3)11(24)18(4)9(13)22/h1-5H3. The Balaban J connectivity index is 2.81. The number of hydrogen-bond acceptors (Lipinski definition) is 7. The van der Waals surface area contributed by atoms with Crippen molar-refractivity contribution in [3.05, 3.63) is 0 Å². The fourth-order valence-corrected chi connectivity index (χ4v) is 3.86. The molecule has 12 heteroatoms. The molecule has 0 N–H and O–H groups in total. The number of likely N-dealkylation sites (N-methyl/N-ethyl adjacent to an activating group) is 2. The molecule has 0 unspecified atom stereocenters. The first-order valence-corrected chi connectivity index (χ1v) is 7.65. The molecule has 0 saturated carbocycles. The highest BCUT2D eigenvalue weighted by Crippen LogP contribution is 2.44.